The first kappa shape index (κ1) is 19.7. The van der Waals surface area contributed by atoms with Crippen molar-refractivity contribution in [2.75, 3.05) is 21.3 Å². The van der Waals surface area contributed by atoms with Gasteiger partial charge in [-0.3, -0.25) is 4.79 Å². The smallest absolute Gasteiger partial charge is 0.253 e. The SMILES string of the molecule is COc1cc(CNC(=O)c2cc(C)n(C(C)C)c2C)cc(OC)c1OC. The van der Waals surface area contributed by atoms with Gasteiger partial charge in [0.05, 0.1) is 26.9 Å². The molecule has 0 aliphatic heterocycles. The van der Waals surface area contributed by atoms with E-state index in [-0.39, 0.29) is 5.91 Å². The average Bonchev–Trinajstić information content (AvgIpc) is 2.92. The summed E-state index contributed by atoms with van der Waals surface area (Å²) in [7, 11) is 4.70. The molecule has 1 amide bonds. The molecule has 0 saturated carbocycles. The predicted octanol–water partition coefficient (Wildman–Crippen LogP) is 3.64. The topological polar surface area (TPSA) is 61.7 Å². The van der Waals surface area contributed by atoms with Crippen LogP contribution in [0.5, 0.6) is 17.2 Å². The number of aromatic nitrogens is 1. The molecule has 0 fully saturated rings. The highest BCUT2D eigenvalue weighted by atomic mass is 16.5. The lowest BCUT2D eigenvalue weighted by Gasteiger charge is -2.15. The Bertz CT molecular complexity index is 768. The molecule has 6 heteroatoms. The summed E-state index contributed by atoms with van der Waals surface area (Å²) in [5, 5.41) is 2.97. The highest BCUT2D eigenvalue weighted by Crippen LogP contribution is 2.38. The Balaban J connectivity index is 2.21. The van der Waals surface area contributed by atoms with E-state index in [0.29, 0.717) is 35.4 Å². The van der Waals surface area contributed by atoms with Gasteiger partial charge in [-0.25, -0.2) is 0 Å². The maximum absolute atomic E-state index is 12.6. The second kappa shape index (κ2) is 8.17. The highest BCUT2D eigenvalue weighted by molar-refractivity contribution is 5.95. The van der Waals surface area contributed by atoms with Gasteiger partial charge in [0, 0.05) is 24.0 Å². The van der Waals surface area contributed by atoms with Crippen molar-refractivity contribution >= 4 is 5.91 Å². The maximum Gasteiger partial charge on any atom is 0.253 e. The third-order valence-electron chi connectivity index (χ3n) is 4.42. The lowest BCUT2D eigenvalue weighted by atomic mass is 10.1. The third-order valence-corrected chi connectivity index (χ3v) is 4.42. The number of ether oxygens (including phenoxy) is 3. The average molecular weight is 360 g/mol. The lowest BCUT2D eigenvalue weighted by Crippen LogP contribution is -2.23. The van der Waals surface area contributed by atoms with Gasteiger partial charge in [-0.05, 0) is 51.5 Å². The largest absolute Gasteiger partial charge is 0.493 e. The number of nitrogens with zero attached hydrogens (tertiary/aromatic N) is 1. The van der Waals surface area contributed by atoms with Crippen molar-refractivity contribution in [3.8, 4) is 17.2 Å². The molecule has 2 rings (SSSR count). The third kappa shape index (κ3) is 3.79. The Kier molecular flexibility index (Phi) is 6.18. The molecule has 142 valence electrons. The van der Waals surface area contributed by atoms with Crippen LogP contribution in [0.15, 0.2) is 18.2 Å². The molecule has 0 atom stereocenters. The number of nitrogens with one attached hydrogen (secondary N) is 1. The number of carbonyl (C=O) groups excluding carboxylic acids is 1. The van der Waals surface area contributed by atoms with Crippen LogP contribution in [0.25, 0.3) is 0 Å². The summed E-state index contributed by atoms with van der Waals surface area (Å²) in [5.41, 5.74) is 3.62. The second-order valence-corrected chi connectivity index (χ2v) is 6.46. The Morgan fingerprint density at radius 1 is 1.04 bits per heavy atom. The minimum absolute atomic E-state index is 0.0984. The first-order chi connectivity index (χ1) is 12.3. The quantitative estimate of drug-likeness (QED) is 0.819. The van der Waals surface area contributed by atoms with Crippen LogP contribution in [0.2, 0.25) is 0 Å². The summed E-state index contributed by atoms with van der Waals surface area (Å²) in [6.45, 7) is 8.57. The molecule has 1 aromatic carbocycles. The van der Waals surface area contributed by atoms with Crippen LogP contribution < -0.4 is 19.5 Å². The van der Waals surface area contributed by atoms with Crippen molar-refractivity contribution in [1.29, 1.82) is 0 Å². The Morgan fingerprint density at radius 3 is 2.04 bits per heavy atom. The number of hydrogen-bond donors (Lipinski definition) is 1. The molecule has 26 heavy (non-hydrogen) atoms. The number of rotatable bonds is 7. The number of amides is 1. The van der Waals surface area contributed by atoms with E-state index in [4.69, 9.17) is 14.2 Å². The fourth-order valence-corrected chi connectivity index (χ4v) is 3.32. The zero-order valence-electron chi connectivity index (χ0n) is 16.6. The molecule has 0 saturated heterocycles. The molecule has 1 heterocycles. The van der Waals surface area contributed by atoms with Crippen LogP contribution in [-0.4, -0.2) is 31.8 Å². The number of methoxy groups -OCH3 is 3. The van der Waals surface area contributed by atoms with Crippen LogP contribution in [0.1, 0.15) is 47.2 Å². The normalized spacial score (nSPS) is 10.8. The monoisotopic (exact) mass is 360 g/mol. The van der Waals surface area contributed by atoms with E-state index in [2.05, 4.69) is 23.7 Å². The minimum Gasteiger partial charge on any atom is -0.493 e. The van der Waals surface area contributed by atoms with Crippen molar-refractivity contribution in [2.45, 2.75) is 40.3 Å². The van der Waals surface area contributed by atoms with Crippen LogP contribution >= 0.6 is 0 Å². The summed E-state index contributed by atoms with van der Waals surface area (Å²) in [6.07, 6.45) is 0. The van der Waals surface area contributed by atoms with Crippen LogP contribution in [0.4, 0.5) is 0 Å². The van der Waals surface area contributed by atoms with E-state index in [1.54, 1.807) is 21.3 Å². The predicted molar refractivity (Wildman–Crippen MR) is 102 cm³/mol. The molecule has 1 N–H and O–H groups in total. The fraction of sp³-hybridized carbons (Fsp3) is 0.450. The van der Waals surface area contributed by atoms with Gasteiger partial charge in [-0.2, -0.15) is 0 Å². The summed E-state index contributed by atoms with van der Waals surface area (Å²) in [6, 6.07) is 5.91. The molecule has 0 spiro atoms. The van der Waals surface area contributed by atoms with Crippen molar-refractivity contribution in [1.82, 2.24) is 9.88 Å². The molecule has 6 nitrogen and oxygen atoms in total. The first-order valence-corrected chi connectivity index (χ1v) is 8.59. The zero-order chi connectivity index (χ0) is 19.4. The number of carbonyl (C=O) groups is 1. The molecule has 2 aromatic rings. The molecular formula is C20H28N2O4. The van der Waals surface area contributed by atoms with Crippen molar-refractivity contribution in [3.05, 3.63) is 40.7 Å². The van der Waals surface area contributed by atoms with E-state index in [0.717, 1.165) is 17.0 Å². The molecular weight excluding hydrogens is 332 g/mol. The van der Waals surface area contributed by atoms with Crippen LogP contribution in [-0.2, 0) is 6.54 Å². The Labute approximate surface area is 155 Å². The van der Waals surface area contributed by atoms with Crippen molar-refractivity contribution in [2.24, 2.45) is 0 Å². The van der Waals surface area contributed by atoms with Gasteiger partial charge in [-0.1, -0.05) is 0 Å². The molecule has 1 aromatic heterocycles. The van der Waals surface area contributed by atoms with Crippen LogP contribution in [0.3, 0.4) is 0 Å². The minimum atomic E-state index is -0.0984. The number of benzene rings is 1. The number of aryl methyl sites for hydroxylation is 1. The number of hydrogen-bond acceptors (Lipinski definition) is 4. The van der Waals surface area contributed by atoms with Gasteiger partial charge >= 0.3 is 0 Å². The zero-order valence-corrected chi connectivity index (χ0v) is 16.6. The van der Waals surface area contributed by atoms with E-state index in [1.807, 2.05) is 32.0 Å². The highest BCUT2D eigenvalue weighted by Gasteiger charge is 2.18. The molecule has 0 unspecified atom stereocenters. The molecule has 0 bridgehead atoms. The molecule has 0 radical (unpaired) electrons. The fourth-order valence-electron chi connectivity index (χ4n) is 3.32. The standard InChI is InChI=1S/C20H28N2O4/c1-12(2)22-13(3)8-16(14(22)4)20(23)21-11-15-9-17(24-5)19(26-7)18(10-15)25-6/h8-10,12H,11H2,1-7H3,(H,21,23). The van der Waals surface area contributed by atoms with Gasteiger partial charge in [0.25, 0.3) is 5.91 Å². The van der Waals surface area contributed by atoms with Gasteiger partial charge in [0.2, 0.25) is 5.75 Å². The van der Waals surface area contributed by atoms with Gasteiger partial charge in [0.1, 0.15) is 0 Å². The summed E-state index contributed by atoms with van der Waals surface area (Å²) in [5.74, 6) is 1.56. The van der Waals surface area contributed by atoms with E-state index >= 15 is 0 Å². The summed E-state index contributed by atoms with van der Waals surface area (Å²) < 4.78 is 18.2. The second-order valence-electron chi connectivity index (χ2n) is 6.46. The van der Waals surface area contributed by atoms with Crippen molar-refractivity contribution in [3.63, 3.8) is 0 Å². The molecule has 0 aliphatic rings. The van der Waals surface area contributed by atoms with E-state index in [1.165, 1.54) is 0 Å². The lowest BCUT2D eigenvalue weighted by molar-refractivity contribution is 0.0950. The van der Waals surface area contributed by atoms with E-state index < -0.39 is 0 Å². The summed E-state index contributed by atoms with van der Waals surface area (Å²) in [4.78, 5) is 12.6. The van der Waals surface area contributed by atoms with Crippen LogP contribution in [0, 0.1) is 13.8 Å². The summed E-state index contributed by atoms with van der Waals surface area (Å²) >= 11 is 0. The van der Waals surface area contributed by atoms with Gasteiger partial charge in [-0.15, -0.1) is 0 Å². The Morgan fingerprint density at radius 2 is 1.62 bits per heavy atom. The first-order valence-electron chi connectivity index (χ1n) is 8.59. The Hall–Kier alpha value is -2.63. The molecule has 0 aliphatic carbocycles. The van der Waals surface area contributed by atoms with Crippen molar-refractivity contribution < 1.29 is 19.0 Å². The van der Waals surface area contributed by atoms with Gasteiger partial charge < -0.3 is 24.1 Å². The van der Waals surface area contributed by atoms with Gasteiger partial charge in [0.15, 0.2) is 11.5 Å². The van der Waals surface area contributed by atoms with E-state index in [9.17, 15) is 4.79 Å². The maximum atomic E-state index is 12.6.